The highest BCUT2D eigenvalue weighted by atomic mass is 35.5. The van der Waals surface area contributed by atoms with Gasteiger partial charge in [-0.15, -0.1) is 0 Å². The quantitative estimate of drug-likeness (QED) is 0.620. The standard InChI is InChI=1S/C10H15ClFNO/c11-9(12)10(14)13-6-5-7-3-1-2-4-8(7)13/h7-9H,1-6H2/t7-,8-,9?/m0/s1. The molecule has 0 radical (unpaired) electrons. The van der Waals surface area contributed by atoms with Crippen LogP contribution < -0.4 is 0 Å². The summed E-state index contributed by atoms with van der Waals surface area (Å²) in [5.41, 5.74) is -1.85. The maximum atomic E-state index is 12.7. The second-order valence-corrected chi connectivity index (χ2v) is 4.62. The fourth-order valence-corrected chi connectivity index (χ4v) is 2.93. The van der Waals surface area contributed by atoms with Crippen LogP contribution in [0.4, 0.5) is 4.39 Å². The first-order valence-corrected chi connectivity index (χ1v) is 5.72. The Bertz CT molecular complexity index is 234. The summed E-state index contributed by atoms with van der Waals surface area (Å²) < 4.78 is 12.7. The Balaban J connectivity index is 2.03. The molecular weight excluding hydrogens is 205 g/mol. The average Bonchev–Trinajstić information content (AvgIpc) is 2.60. The molecule has 0 bridgehead atoms. The molecule has 1 unspecified atom stereocenters. The predicted molar refractivity (Wildman–Crippen MR) is 52.8 cm³/mol. The number of alkyl halides is 2. The number of fused-ring (bicyclic) bond motifs is 1. The van der Waals surface area contributed by atoms with E-state index in [2.05, 4.69) is 0 Å². The van der Waals surface area contributed by atoms with Gasteiger partial charge >= 0.3 is 0 Å². The van der Waals surface area contributed by atoms with Crippen molar-refractivity contribution in [2.45, 2.75) is 43.8 Å². The normalized spacial score (nSPS) is 34.0. The summed E-state index contributed by atoms with van der Waals surface area (Å²) in [6.07, 6.45) is 5.65. The van der Waals surface area contributed by atoms with Gasteiger partial charge in [-0.2, -0.15) is 0 Å². The van der Waals surface area contributed by atoms with E-state index in [4.69, 9.17) is 11.6 Å². The van der Waals surface area contributed by atoms with Crippen molar-refractivity contribution in [1.29, 1.82) is 0 Å². The van der Waals surface area contributed by atoms with E-state index in [1.54, 1.807) is 4.90 Å². The van der Waals surface area contributed by atoms with Crippen LogP contribution >= 0.6 is 11.6 Å². The smallest absolute Gasteiger partial charge is 0.272 e. The van der Waals surface area contributed by atoms with Crippen LogP contribution in [0, 0.1) is 5.92 Å². The number of likely N-dealkylation sites (tertiary alicyclic amines) is 1. The summed E-state index contributed by atoms with van der Waals surface area (Å²) in [6.45, 7) is 0.696. The molecule has 1 aliphatic heterocycles. The first kappa shape index (κ1) is 10.2. The van der Waals surface area contributed by atoms with Crippen LogP contribution in [0.15, 0.2) is 0 Å². The van der Waals surface area contributed by atoms with Gasteiger partial charge in [0.1, 0.15) is 0 Å². The summed E-state index contributed by atoms with van der Waals surface area (Å²) in [6, 6.07) is 0.272. The number of carbonyl (C=O) groups is 1. The second kappa shape index (κ2) is 4.05. The summed E-state index contributed by atoms with van der Waals surface area (Å²) in [4.78, 5) is 13.1. The molecule has 14 heavy (non-hydrogen) atoms. The Morgan fingerprint density at radius 1 is 1.36 bits per heavy atom. The minimum Gasteiger partial charge on any atom is -0.336 e. The van der Waals surface area contributed by atoms with Crippen molar-refractivity contribution in [3.63, 3.8) is 0 Å². The molecule has 2 nitrogen and oxygen atoms in total. The molecule has 0 aromatic carbocycles. The summed E-state index contributed by atoms with van der Waals surface area (Å²) in [5, 5.41) is 0. The van der Waals surface area contributed by atoms with Gasteiger partial charge in [-0.25, -0.2) is 4.39 Å². The number of hydrogen-bond donors (Lipinski definition) is 0. The largest absolute Gasteiger partial charge is 0.336 e. The lowest BCUT2D eigenvalue weighted by Crippen LogP contribution is -2.41. The van der Waals surface area contributed by atoms with E-state index >= 15 is 0 Å². The molecule has 0 aromatic heterocycles. The van der Waals surface area contributed by atoms with Gasteiger partial charge in [0, 0.05) is 12.6 Å². The monoisotopic (exact) mass is 219 g/mol. The van der Waals surface area contributed by atoms with Gasteiger partial charge in [0.25, 0.3) is 11.5 Å². The lowest BCUT2D eigenvalue weighted by Gasteiger charge is -2.31. The van der Waals surface area contributed by atoms with Crippen molar-refractivity contribution in [2.24, 2.45) is 5.92 Å². The van der Waals surface area contributed by atoms with Crippen molar-refractivity contribution >= 4 is 17.5 Å². The number of halogens is 2. The first-order chi connectivity index (χ1) is 6.70. The molecule has 0 N–H and O–H groups in total. The molecule has 1 heterocycles. The van der Waals surface area contributed by atoms with E-state index in [0.717, 1.165) is 19.3 Å². The molecular formula is C10H15ClFNO. The molecule has 3 atom stereocenters. The van der Waals surface area contributed by atoms with Crippen molar-refractivity contribution in [1.82, 2.24) is 4.90 Å². The minimum absolute atomic E-state index is 0.272. The Morgan fingerprint density at radius 3 is 2.79 bits per heavy atom. The van der Waals surface area contributed by atoms with Gasteiger partial charge in [0.2, 0.25) is 0 Å². The molecule has 80 valence electrons. The Hall–Kier alpha value is -0.310. The zero-order valence-electron chi connectivity index (χ0n) is 8.09. The lowest BCUT2D eigenvalue weighted by molar-refractivity contribution is -0.135. The number of nitrogens with zero attached hydrogens (tertiary/aromatic N) is 1. The van der Waals surface area contributed by atoms with Crippen molar-refractivity contribution in [3.8, 4) is 0 Å². The van der Waals surface area contributed by atoms with Crippen LogP contribution in [0.5, 0.6) is 0 Å². The molecule has 2 fully saturated rings. The number of hydrogen-bond acceptors (Lipinski definition) is 1. The van der Waals surface area contributed by atoms with E-state index in [9.17, 15) is 9.18 Å². The van der Waals surface area contributed by atoms with E-state index in [-0.39, 0.29) is 6.04 Å². The summed E-state index contributed by atoms with van der Waals surface area (Å²) in [5.74, 6) is 0.0733. The highest BCUT2D eigenvalue weighted by molar-refractivity contribution is 6.29. The molecule has 0 aromatic rings. The van der Waals surface area contributed by atoms with Crippen molar-refractivity contribution in [3.05, 3.63) is 0 Å². The fraction of sp³-hybridized carbons (Fsp3) is 0.900. The second-order valence-electron chi connectivity index (χ2n) is 4.23. The lowest BCUT2D eigenvalue weighted by atomic mass is 9.85. The third kappa shape index (κ3) is 1.74. The predicted octanol–water partition coefficient (Wildman–Crippen LogP) is 2.31. The highest BCUT2D eigenvalue weighted by Crippen LogP contribution is 2.36. The van der Waals surface area contributed by atoms with Gasteiger partial charge in [0.15, 0.2) is 0 Å². The van der Waals surface area contributed by atoms with Gasteiger partial charge in [-0.3, -0.25) is 4.79 Å². The third-order valence-electron chi connectivity index (χ3n) is 3.48. The fourth-order valence-electron chi connectivity index (χ4n) is 2.80. The van der Waals surface area contributed by atoms with Gasteiger partial charge in [-0.1, -0.05) is 24.4 Å². The van der Waals surface area contributed by atoms with Crippen molar-refractivity contribution in [2.75, 3.05) is 6.54 Å². The topological polar surface area (TPSA) is 20.3 Å². The van der Waals surface area contributed by atoms with Gasteiger partial charge < -0.3 is 4.90 Å². The van der Waals surface area contributed by atoms with Gasteiger partial charge in [-0.05, 0) is 25.2 Å². The van der Waals surface area contributed by atoms with Crippen LogP contribution in [-0.4, -0.2) is 29.0 Å². The molecule has 1 saturated heterocycles. The first-order valence-electron chi connectivity index (χ1n) is 5.29. The molecule has 2 aliphatic rings. The molecule has 0 spiro atoms. The van der Waals surface area contributed by atoms with Gasteiger partial charge in [0.05, 0.1) is 0 Å². The van der Waals surface area contributed by atoms with Crippen LogP contribution in [0.2, 0.25) is 0 Å². The molecule has 1 amide bonds. The minimum atomic E-state index is -1.85. The van der Waals surface area contributed by atoms with Crippen molar-refractivity contribution < 1.29 is 9.18 Å². The van der Waals surface area contributed by atoms with Crippen LogP contribution in [0.25, 0.3) is 0 Å². The Kier molecular flexibility index (Phi) is 2.96. The maximum absolute atomic E-state index is 12.7. The van der Waals surface area contributed by atoms with E-state index in [1.165, 1.54) is 12.8 Å². The number of amides is 1. The molecule has 2 rings (SSSR count). The highest BCUT2D eigenvalue weighted by Gasteiger charge is 2.39. The number of carbonyl (C=O) groups excluding carboxylic acids is 1. The molecule has 1 aliphatic carbocycles. The molecule has 1 saturated carbocycles. The van der Waals surface area contributed by atoms with Crippen LogP contribution in [0.3, 0.4) is 0 Å². The van der Waals surface area contributed by atoms with E-state index in [0.29, 0.717) is 12.5 Å². The number of rotatable bonds is 1. The summed E-state index contributed by atoms with van der Waals surface area (Å²) in [7, 11) is 0. The molecule has 4 heteroatoms. The van der Waals surface area contributed by atoms with E-state index < -0.39 is 11.5 Å². The average molecular weight is 220 g/mol. The zero-order chi connectivity index (χ0) is 10.1. The Morgan fingerprint density at radius 2 is 2.07 bits per heavy atom. The zero-order valence-corrected chi connectivity index (χ0v) is 8.84. The Labute approximate surface area is 88.4 Å². The van der Waals surface area contributed by atoms with E-state index in [1.807, 2.05) is 0 Å². The van der Waals surface area contributed by atoms with Crippen LogP contribution in [0.1, 0.15) is 32.1 Å². The SMILES string of the molecule is O=C(C(F)Cl)N1CC[C@@H]2CCCC[C@@H]21. The van der Waals surface area contributed by atoms with Crippen LogP contribution in [-0.2, 0) is 4.79 Å². The third-order valence-corrected chi connectivity index (χ3v) is 3.67. The maximum Gasteiger partial charge on any atom is 0.272 e. The summed E-state index contributed by atoms with van der Waals surface area (Å²) >= 11 is 5.18.